The molecule has 1 amide bonds. The van der Waals surface area contributed by atoms with Gasteiger partial charge in [-0.2, -0.15) is 5.10 Å². The van der Waals surface area contributed by atoms with Gasteiger partial charge in [0.1, 0.15) is 6.33 Å². The van der Waals surface area contributed by atoms with Crippen molar-refractivity contribution < 1.29 is 9.53 Å². The number of carbonyl (C=O) groups excluding carboxylic acids is 1. The monoisotopic (exact) mass is 389 g/mol. The Kier molecular flexibility index (Phi) is 4.28. The molecule has 1 aromatic carbocycles. The molecule has 1 aliphatic heterocycles. The molecule has 9 nitrogen and oxygen atoms in total. The number of ether oxygens (including phenoxy) is 1. The van der Waals surface area contributed by atoms with Crippen molar-refractivity contribution in [3.05, 3.63) is 54.6 Å². The van der Waals surface area contributed by atoms with Crippen molar-refractivity contribution in [2.45, 2.75) is 12.5 Å². The highest BCUT2D eigenvalue weighted by molar-refractivity contribution is 5.97. The Morgan fingerprint density at radius 1 is 1.24 bits per heavy atom. The van der Waals surface area contributed by atoms with Crippen molar-refractivity contribution in [2.75, 3.05) is 20.2 Å². The SMILES string of the molecule is CO[C@@H]1CCN(C(=O)c2cnc3c(cnn3-c3ccc(-c4nnc[nH]4)cc3)c2)C1. The number of likely N-dealkylation sites (tertiary alicyclic amines) is 1. The highest BCUT2D eigenvalue weighted by Gasteiger charge is 2.27. The van der Waals surface area contributed by atoms with Gasteiger partial charge in [-0.15, -0.1) is 10.2 Å². The van der Waals surface area contributed by atoms with Crippen LogP contribution in [0, 0.1) is 0 Å². The first-order valence-electron chi connectivity index (χ1n) is 9.35. The second-order valence-electron chi connectivity index (χ2n) is 6.98. The standard InChI is InChI=1S/C20H19N7O2/c1-29-17-6-7-26(11-17)20(28)15-8-14-10-24-27(19(14)21-9-15)16-4-2-13(3-5-16)18-22-12-23-25-18/h2-5,8-10,12,17H,6-7,11H2,1H3,(H,22,23,25)/t17-/m1/s1. The number of pyridine rings is 1. The highest BCUT2D eigenvalue weighted by atomic mass is 16.5. The van der Waals surface area contributed by atoms with Gasteiger partial charge < -0.3 is 14.6 Å². The van der Waals surface area contributed by atoms with E-state index in [2.05, 4.69) is 25.3 Å². The summed E-state index contributed by atoms with van der Waals surface area (Å²) < 4.78 is 7.10. The molecule has 1 atom stereocenters. The van der Waals surface area contributed by atoms with Crippen LogP contribution in [0.25, 0.3) is 28.1 Å². The second-order valence-corrected chi connectivity index (χ2v) is 6.98. The zero-order chi connectivity index (χ0) is 19.8. The highest BCUT2D eigenvalue weighted by Crippen LogP contribution is 2.22. The minimum Gasteiger partial charge on any atom is -0.380 e. The van der Waals surface area contributed by atoms with E-state index in [-0.39, 0.29) is 12.0 Å². The number of hydrogen-bond donors (Lipinski definition) is 1. The largest absolute Gasteiger partial charge is 0.380 e. The van der Waals surface area contributed by atoms with Crippen LogP contribution in [0.15, 0.2) is 49.1 Å². The number of carbonyl (C=O) groups is 1. The first-order chi connectivity index (χ1) is 14.2. The molecule has 0 unspecified atom stereocenters. The maximum absolute atomic E-state index is 12.8. The van der Waals surface area contributed by atoms with Crippen LogP contribution in [0.4, 0.5) is 0 Å². The van der Waals surface area contributed by atoms with Crippen LogP contribution >= 0.6 is 0 Å². The van der Waals surface area contributed by atoms with E-state index in [0.29, 0.717) is 30.1 Å². The van der Waals surface area contributed by atoms with Crippen molar-refractivity contribution in [1.82, 2.24) is 34.8 Å². The van der Waals surface area contributed by atoms with Gasteiger partial charge in [0.15, 0.2) is 11.5 Å². The molecule has 0 saturated carbocycles. The van der Waals surface area contributed by atoms with E-state index < -0.39 is 0 Å². The summed E-state index contributed by atoms with van der Waals surface area (Å²) in [5, 5.41) is 13.1. The molecule has 3 aromatic heterocycles. The molecule has 0 aliphatic carbocycles. The molecule has 146 valence electrons. The van der Waals surface area contributed by atoms with Gasteiger partial charge >= 0.3 is 0 Å². The number of hydrogen-bond acceptors (Lipinski definition) is 6. The smallest absolute Gasteiger partial charge is 0.255 e. The fraction of sp³-hybridized carbons (Fsp3) is 0.250. The number of amides is 1. The van der Waals surface area contributed by atoms with Gasteiger partial charge in [-0.3, -0.25) is 4.79 Å². The van der Waals surface area contributed by atoms with E-state index in [1.807, 2.05) is 35.2 Å². The minimum absolute atomic E-state index is 0.0249. The normalized spacial score (nSPS) is 16.6. The summed E-state index contributed by atoms with van der Waals surface area (Å²) in [5.41, 5.74) is 3.07. The quantitative estimate of drug-likeness (QED) is 0.573. The van der Waals surface area contributed by atoms with Crippen molar-refractivity contribution in [1.29, 1.82) is 0 Å². The fourth-order valence-corrected chi connectivity index (χ4v) is 3.62. The Bertz CT molecular complexity index is 1150. The summed E-state index contributed by atoms with van der Waals surface area (Å²) in [6.07, 6.45) is 5.86. The molecule has 1 saturated heterocycles. The molecular formula is C20H19N7O2. The summed E-state index contributed by atoms with van der Waals surface area (Å²) in [5.74, 6) is 0.684. The Morgan fingerprint density at radius 3 is 2.83 bits per heavy atom. The van der Waals surface area contributed by atoms with Crippen LogP contribution in [-0.2, 0) is 4.74 Å². The van der Waals surface area contributed by atoms with Gasteiger partial charge in [-0.1, -0.05) is 0 Å². The molecule has 1 aliphatic rings. The number of H-pyrrole nitrogens is 1. The first-order valence-corrected chi connectivity index (χ1v) is 9.35. The maximum atomic E-state index is 12.8. The first kappa shape index (κ1) is 17.5. The molecule has 0 bridgehead atoms. The third-order valence-electron chi connectivity index (χ3n) is 5.22. The van der Waals surface area contributed by atoms with E-state index >= 15 is 0 Å². The average molecular weight is 389 g/mol. The predicted molar refractivity (Wildman–Crippen MR) is 106 cm³/mol. The number of aromatic amines is 1. The fourth-order valence-electron chi connectivity index (χ4n) is 3.62. The van der Waals surface area contributed by atoms with E-state index in [1.165, 1.54) is 0 Å². The van der Waals surface area contributed by atoms with Gasteiger partial charge in [0.2, 0.25) is 0 Å². The third-order valence-corrected chi connectivity index (χ3v) is 5.22. The minimum atomic E-state index is -0.0249. The Morgan fingerprint density at radius 2 is 2.10 bits per heavy atom. The van der Waals surface area contributed by atoms with E-state index in [1.54, 1.807) is 30.5 Å². The van der Waals surface area contributed by atoms with Gasteiger partial charge in [0, 0.05) is 37.3 Å². The number of aromatic nitrogens is 6. The van der Waals surface area contributed by atoms with Crippen molar-refractivity contribution in [3.8, 4) is 17.1 Å². The summed E-state index contributed by atoms with van der Waals surface area (Å²) in [7, 11) is 1.68. The van der Waals surface area contributed by atoms with Crippen molar-refractivity contribution >= 4 is 16.9 Å². The zero-order valence-electron chi connectivity index (χ0n) is 15.8. The molecule has 4 aromatic rings. The van der Waals surface area contributed by atoms with E-state index in [9.17, 15) is 4.79 Å². The zero-order valence-corrected chi connectivity index (χ0v) is 15.8. The molecule has 0 radical (unpaired) electrons. The molecule has 4 heterocycles. The lowest BCUT2D eigenvalue weighted by atomic mass is 10.2. The summed E-state index contributed by atoms with van der Waals surface area (Å²) in [6.45, 7) is 1.32. The van der Waals surface area contributed by atoms with Gasteiger partial charge in [-0.05, 0) is 36.8 Å². The maximum Gasteiger partial charge on any atom is 0.255 e. The molecule has 0 spiro atoms. The van der Waals surface area contributed by atoms with E-state index in [4.69, 9.17) is 4.74 Å². The topological polar surface area (TPSA) is 102 Å². The third kappa shape index (κ3) is 3.15. The van der Waals surface area contributed by atoms with Gasteiger partial charge in [-0.25, -0.2) is 9.67 Å². The van der Waals surface area contributed by atoms with E-state index in [0.717, 1.165) is 23.1 Å². The summed E-state index contributed by atoms with van der Waals surface area (Å²) in [4.78, 5) is 22.1. The van der Waals surface area contributed by atoms with Crippen LogP contribution in [0.2, 0.25) is 0 Å². The molecular weight excluding hydrogens is 370 g/mol. The summed E-state index contributed by atoms with van der Waals surface area (Å²) in [6, 6.07) is 9.62. The molecule has 1 fully saturated rings. The van der Waals surface area contributed by atoms with Crippen LogP contribution in [0.3, 0.4) is 0 Å². The predicted octanol–water partition coefficient (Wildman–Crippen LogP) is 2.07. The Hall–Kier alpha value is -3.59. The van der Waals surface area contributed by atoms with Crippen LogP contribution in [-0.4, -0.2) is 67.1 Å². The van der Waals surface area contributed by atoms with Crippen LogP contribution in [0.1, 0.15) is 16.8 Å². The number of benzene rings is 1. The van der Waals surface area contributed by atoms with Crippen molar-refractivity contribution in [3.63, 3.8) is 0 Å². The lowest BCUT2D eigenvalue weighted by molar-refractivity contribution is 0.0724. The average Bonchev–Trinajstić information content (AvgIpc) is 3.53. The lowest BCUT2D eigenvalue weighted by Gasteiger charge is -2.16. The Balaban J connectivity index is 1.41. The molecule has 5 rings (SSSR count). The summed E-state index contributed by atoms with van der Waals surface area (Å²) >= 11 is 0. The molecule has 1 N–H and O–H groups in total. The number of nitrogens with zero attached hydrogens (tertiary/aromatic N) is 6. The number of nitrogens with one attached hydrogen (secondary N) is 1. The number of rotatable bonds is 4. The number of fused-ring (bicyclic) bond motifs is 1. The van der Waals surface area contributed by atoms with Crippen LogP contribution in [0.5, 0.6) is 0 Å². The van der Waals surface area contributed by atoms with Gasteiger partial charge in [0.05, 0.1) is 23.6 Å². The molecule has 9 heteroatoms. The number of methoxy groups -OCH3 is 1. The lowest BCUT2D eigenvalue weighted by Crippen LogP contribution is -2.30. The van der Waals surface area contributed by atoms with Gasteiger partial charge in [0.25, 0.3) is 5.91 Å². The van der Waals surface area contributed by atoms with Crippen LogP contribution < -0.4 is 0 Å². The Labute approximate surface area is 166 Å². The molecule has 29 heavy (non-hydrogen) atoms. The second kappa shape index (κ2) is 7.10. The van der Waals surface area contributed by atoms with Crippen molar-refractivity contribution in [2.24, 2.45) is 0 Å².